The number of fused-ring (bicyclic) bond motifs is 1. The molecule has 112 valence electrons. The van der Waals surface area contributed by atoms with Crippen LogP contribution in [0.25, 0.3) is 0 Å². The van der Waals surface area contributed by atoms with Gasteiger partial charge in [-0.1, -0.05) is 0 Å². The molecule has 2 aliphatic heterocycles. The first kappa shape index (κ1) is 13.8. The number of nitro benzene ring substituents is 1. The average Bonchev–Trinajstić information content (AvgIpc) is 3.03. The summed E-state index contributed by atoms with van der Waals surface area (Å²) in [5.41, 5.74) is 5.84. The molecule has 1 amide bonds. The molecule has 0 aromatic heterocycles. The summed E-state index contributed by atoms with van der Waals surface area (Å²) < 4.78 is 0. The number of nitro groups is 1. The van der Waals surface area contributed by atoms with Gasteiger partial charge in [0.2, 0.25) is 0 Å². The summed E-state index contributed by atoms with van der Waals surface area (Å²) in [4.78, 5) is 24.9. The molecule has 2 heterocycles. The van der Waals surface area contributed by atoms with E-state index in [1.165, 1.54) is 24.6 Å². The maximum Gasteiger partial charge on any atom is 0.292 e. The Morgan fingerprint density at radius 1 is 1.38 bits per heavy atom. The molecule has 0 saturated carbocycles. The van der Waals surface area contributed by atoms with Gasteiger partial charge in [0.15, 0.2) is 0 Å². The lowest BCUT2D eigenvalue weighted by Gasteiger charge is -2.21. The van der Waals surface area contributed by atoms with Crippen LogP contribution in [0.2, 0.25) is 0 Å². The predicted octanol–water partition coefficient (Wildman–Crippen LogP) is 1.14. The van der Waals surface area contributed by atoms with Crippen LogP contribution in [0.5, 0.6) is 0 Å². The molecule has 2 atom stereocenters. The van der Waals surface area contributed by atoms with Crippen molar-refractivity contribution in [3.63, 3.8) is 0 Å². The van der Waals surface area contributed by atoms with Crippen molar-refractivity contribution in [2.24, 2.45) is 0 Å². The Bertz CT molecular complexity index is 590. The quantitative estimate of drug-likeness (QED) is 0.494. The number of nitrogens with two attached hydrogens (primary N) is 1. The zero-order valence-electron chi connectivity index (χ0n) is 11.6. The SMILES string of the molecule is Nc1cc(C(=O)NC2CCN3CCCC23)ccc1[N+](=O)[O-]. The molecule has 3 rings (SSSR count). The number of nitrogens with one attached hydrogen (secondary N) is 1. The first-order valence-electron chi connectivity index (χ1n) is 7.15. The van der Waals surface area contributed by atoms with Crippen molar-refractivity contribution < 1.29 is 9.72 Å². The maximum atomic E-state index is 12.3. The third kappa shape index (κ3) is 2.56. The van der Waals surface area contributed by atoms with E-state index in [2.05, 4.69) is 10.2 Å². The highest BCUT2D eigenvalue weighted by molar-refractivity contribution is 5.96. The fourth-order valence-corrected chi connectivity index (χ4v) is 3.36. The molecule has 21 heavy (non-hydrogen) atoms. The van der Waals surface area contributed by atoms with E-state index in [-0.39, 0.29) is 23.3 Å². The molecule has 1 aromatic rings. The number of benzene rings is 1. The summed E-state index contributed by atoms with van der Waals surface area (Å²) in [6.07, 6.45) is 3.26. The molecule has 0 aliphatic carbocycles. The van der Waals surface area contributed by atoms with Gasteiger partial charge in [-0.3, -0.25) is 19.8 Å². The van der Waals surface area contributed by atoms with E-state index in [0.29, 0.717) is 11.6 Å². The van der Waals surface area contributed by atoms with E-state index in [4.69, 9.17) is 5.73 Å². The van der Waals surface area contributed by atoms with E-state index < -0.39 is 4.92 Å². The second-order valence-electron chi connectivity index (χ2n) is 5.64. The summed E-state index contributed by atoms with van der Waals surface area (Å²) in [5.74, 6) is -0.213. The van der Waals surface area contributed by atoms with Crippen LogP contribution < -0.4 is 11.1 Å². The highest BCUT2D eigenvalue weighted by Gasteiger charge is 2.37. The molecule has 0 spiro atoms. The molecule has 7 heteroatoms. The van der Waals surface area contributed by atoms with Gasteiger partial charge < -0.3 is 11.1 Å². The van der Waals surface area contributed by atoms with Gasteiger partial charge in [-0.25, -0.2) is 0 Å². The number of nitrogens with zero attached hydrogens (tertiary/aromatic N) is 2. The summed E-state index contributed by atoms with van der Waals surface area (Å²) in [7, 11) is 0. The number of anilines is 1. The van der Waals surface area contributed by atoms with Crippen molar-refractivity contribution in [2.75, 3.05) is 18.8 Å². The van der Waals surface area contributed by atoms with Gasteiger partial charge in [0, 0.05) is 30.3 Å². The minimum atomic E-state index is -0.551. The van der Waals surface area contributed by atoms with Crippen LogP contribution in [0.4, 0.5) is 11.4 Å². The van der Waals surface area contributed by atoms with Gasteiger partial charge >= 0.3 is 0 Å². The molecule has 0 radical (unpaired) electrons. The monoisotopic (exact) mass is 290 g/mol. The third-order valence-corrected chi connectivity index (χ3v) is 4.41. The van der Waals surface area contributed by atoms with Crippen LogP contribution in [-0.4, -0.2) is 40.9 Å². The Kier molecular flexibility index (Phi) is 3.50. The number of hydrogen-bond acceptors (Lipinski definition) is 5. The maximum absolute atomic E-state index is 12.3. The molecule has 2 unspecified atom stereocenters. The molecule has 1 aromatic carbocycles. The standard InChI is InChI=1S/C14H18N4O3/c15-10-8-9(3-4-12(10)18(20)21)14(19)16-11-5-7-17-6-1-2-13(11)17/h3-4,8,11,13H,1-2,5-7,15H2,(H,16,19). The molecule has 2 aliphatic rings. The first-order chi connectivity index (χ1) is 10.1. The number of rotatable bonds is 3. The van der Waals surface area contributed by atoms with Crippen LogP contribution >= 0.6 is 0 Å². The van der Waals surface area contributed by atoms with E-state index >= 15 is 0 Å². The fourth-order valence-electron chi connectivity index (χ4n) is 3.36. The molecule has 0 bridgehead atoms. The second-order valence-corrected chi connectivity index (χ2v) is 5.64. The number of hydrogen-bond donors (Lipinski definition) is 2. The summed E-state index contributed by atoms with van der Waals surface area (Å²) in [6, 6.07) is 4.70. The van der Waals surface area contributed by atoms with Gasteiger partial charge in [0.25, 0.3) is 11.6 Å². The highest BCUT2D eigenvalue weighted by Crippen LogP contribution is 2.28. The van der Waals surface area contributed by atoms with Crippen molar-refractivity contribution in [2.45, 2.75) is 31.3 Å². The van der Waals surface area contributed by atoms with E-state index in [1.807, 2.05) is 0 Å². The van der Waals surface area contributed by atoms with Crippen molar-refractivity contribution >= 4 is 17.3 Å². The van der Waals surface area contributed by atoms with Crippen molar-refractivity contribution in [3.8, 4) is 0 Å². The van der Waals surface area contributed by atoms with Crippen LogP contribution in [-0.2, 0) is 0 Å². The van der Waals surface area contributed by atoms with Crippen molar-refractivity contribution in [1.82, 2.24) is 10.2 Å². The van der Waals surface area contributed by atoms with E-state index in [9.17, 15) is 14.9 Å². The zero-order chi connectivity index (χ0) is 15.0. The molecule has 3 N–H and O–H groups in total. The number of carbonyl (C=O) groups is 1. The van der Waals surface area contributed by atoms with Crippen molar-refractivity contribution in [3.05, 3.63) is 33.9 Å². The van der Waals surface area contributed by atoms with Gasteiger partial charge in [-0.05, 0) is 37.9 Å². The lowest BCUT2D eigenvalue weighted by molar-refractivity contribution is -0.383. The average molecular weight is 290 g/mol. The molecule has 2 saturated heterocycles. The summed E-state index contributed by atoms with van der Waals surface area (Å²) in [6.45, 7) is 2.14. The lowest BCUT2D eigenvalue weighted by atomic mass is 10.1. The topological polar surface area (TPSA) is 102 Å². The Balaban J connectivity index is 1.71. The minimum absolute atomic E-state index is 0.0153. The fraction of sp³-hybridized carbons (Fsp3) is 0.500. The Morgan fingerprint density at radius 2 is 2.19 bits per heavy atom. The third-order valence-electron chi connectivity index (χ3n) is 4.41. The molecular formula is C14H18N4O3. The van der Waals surface area contributed by atoms with E-state index in [0.717, 1.165) is 25.9 Å². The smallest absolute Gasteiger partial charge is 0.292 e. The predicted molar refractivity (Wildman–Crippen MR) is 78.0 cm³/mol. The number of carbonyl (C=O) groups excluding carboxylic acids is 1. The van der Waals surface area contributed by atoms with Gasteiger partial charge in [-0.15, -0.1) is 0 Å². The summed E-state index contributed by atoms with van der Waals surface area (Å²) >= 11 is 0. The van der Waals surface area contributed by atoms with Gasteiger partial charge in [0.1, 0.15) is 5.69 Å². The Hall–Kier alpha value is -2.15. The van der Waals surface area contributed by atoms with Crippen LogP contribution in [0.3, 0.4) is 0 Å². The Labute approximate surface area is 122 Å². The highest BCUT2D eigenvalue weighted by atomic mass is 16.6. The number of amides is 1. The summed E-state index contributed by atoms with van der Waals surface area (Å²) in [5, 5.41) is 13.8. The molecular weight excluding hydrogens is 272 g/mol. The van der Waals surface area contributed by atoms with Crippen molar-refractivity contribution in [1.29, 1.82) is 0 Å². The van der Waals surface area contributed by atoms with Gasteiger partial charge in [0.05, 0.1) is 4.92 Å². The normalized spacial score (nSPS) is 24.8. The van der Waals surface area contributed by atoms with Gasteiger partial charge in [-0.2, -0.15) is 0 Å². The largest absolute Gasteiger partial charge is 0.393 e. The number of nitrogen functional groups attached to an aromatic ring is 1. The Morgan fingerprint density at radius 3 is 2.90 bits per heavy atom. The second kappa shape index (κ2) is 5.33. The molecule has 2 fully saturated rings. The minimum Gasteiger partial charge on any atom is -0.393 e. The van der Waals surface area contributed by atoms with Crippen LogP contribution in [0.15, 0.2) is 18.2 Å². The van der Waals surface area contributed by atoms with Crippen LogP contribution in [0, 0.1) is 10.1 Å². The van der Waals surface area contributed by atoms with Crippen LogP contribution in [0.1, 0.15) is 29.6 Å². The lowest BCUT2D eigenvalue weighted by Crippen LogP contribution is -2.42. The van der Waals surface area contributed by atoms with E-state index in [1.54, 1.807) is 0 Å². The zero-order valence-corrected chi connectivity index (χ0v) is 11.6. The molecule has 7 nitrogen and oxygen atoms in total. The first-order valence-corrected chi connectivity index (χ1v) is 7.15.